The number of nitriles is 1. The van der Waals surface area contributed by atoms with Crippen molar-refractivity contribution in [2.75, 3.05) is 12.4 Å². The molecule has 1 aromatic carbocycles. The van der Waals surface area contributed by atoms with Crippen molar-refractivity contribution in [1.82, 2.24) is 0 Å². The molecule has 0 radical (unpaired) electrons. The maximum Gasteiger partial charge on any atom is 0.337 e. The lowest BCUT2D eigenvalue weighted by atomic mass is 10.0. The predicted octanol–water partition coefficient (Wildman–Crippen LogP) is 1.85. The summed E-state index contributed by atoms with van der Waals surface area (Å²) in [7, 11) is 1.27. The van der Waals surface area contributed by atoms with E-state index < -0.39 is 5.97 Å². The smallest absolute Gasteiger partial charge is 0.337 e. The Morgan fingerprint density at radius 2 is 2.18 bits per heavy atom. The average Bonchev–Trinajstić information content (AvgIpc) is 2.37. The Balaban J connectivity index is 3.06. The van der Waals surface area contributed by atoms with Crippen LogP contribution in [0.15, 0.2) is 18.2 Å². The van der Waals surface area contributed by atoms with Gasteiger partial charge in [0.05, 0.1) is 29.6 Å². The lowest BCUT2D eigenvalue weighted by Crippen LogP contribution is -2.07. The number of carbonyl (C=O) groups excluding carboxylic acids is 2. The fourth-order valence-electron chi connectivity index (χ4n) is 1.34. The topological polar surface area (TPSA) is 67.2 Å². The summed E-state index contributed by atoms with van der Waals surface area (Å²) in [6.45, 7) is 0. The van der Waals surface area contributed by atoms with Gasteiger partial charge in [0.25, 0.3) is 0 Å². The van der Waals surface area contributed by atoms with Crippen molar-refractivity contribution in [3.8, 4) is 6.07 Å². The minimum Gasteiger partial charge on any atom is -0.465 e. The molecule has 0 saturated heterocycles. The van der Waals surface area contributed by atoms with E-state index in [1.165, 1.54) is 13.2 Å². The zero-order valence-electron chi connectivity index (χ0n) is 9.20. The molecule has 0 heterocycles. The molecule has 0 atom stereocenters. The number of rotatable bonds is 4. The minimum atomic E-state index is -0.500. The van der Waals surface area contributed by atoms with E-state index in [-0.39, 0.29) is 17.5 Å². The number of methoxy groups -OCH3 is 1. The van der Waals surface area contributed by atoms with Crippen molar-refractivity contribution in [2.24, 2.45) is 0 Å². The van der Waals surface area contributed by atoms with Crippen molar-refractivity contribution >= 4 is 27.7 Å². The highest BCUT2D eigenvalue weighted by molar-refractivity contribution is 9.09. The number of Topliss-reactive ketones (excluding diaryl/α,β-unsaturated/α-hetero) is 1. The van der Waals surface area contributed by atoms with Crippen LogP contribution in [0.4, 0.5) is 0 Å². The van der Waals surface area contributed by atoms with Gasteiger partial charge < -0.3 is 4.74 Å². The monoisotopic (exact) mass is 295 g/mol. The van der Waals surface area contributed by atoms with Gasteiger partial charge in [-0.15, -0.1) is 0 Å². The summed E-state index contributed by atoms with van der Waals surface area (Å²) >= 11 is 3.06. The Bertz CT molecular complexity index is 491. The summed E-state index contributed by atoms with van der Waals surface area (Å²) in [6.07, 6.45) is 0.176. The van der Waals surface area contributed by atoms with Crippen LogP contribution in [0.25, 0.3) is 0 Å². The molecule has 0 aromatic heterocycles. The number of ether oxygens (including phenoxy) is 1. The normalized spacial score (nSPS) is 9.47. The number of carbonyl (C=O) groups is 2. The minimum absolute atomic E-state index is 0.0210. The van der Waals surface area contributed by atoms with Crippen LogP contribution in [0.3, 0.4) is 0 Å². The highest BCUT2D eigenvalue weighted by Crippen LogP contribution is 2.13. The highest BCUT2D eigenvalue weighted by atomic mass is 79.9. The van der Waals surface area contributed by atoms with Crippen molar-refractivity contribution in [2.45, 2.75) is 6.42 Å². The molecule has 0 spiro atoms. The molecule has 0 amide bonds. The first-order chi connectivity index (χ1) is 8.12. The molecular weight excluding hydrogens is 286 g/mol. The molecule has 0 N–H and O–H groups in total. The maximum atomic E-state index is 11.3. The van der Waals surface area contributed by atoms with Crippen LogP contribution in [-0.4, -0.2) is 24.2 Å². The molecule has 0 aliphatic heterocycles. The molecule has 88 valence electrons. The number of halogens is 1. The van der Waals surface area contributed by atoms with E-state index in [0.717, 1.165) is 0 Å². The van der Waals surface area contributed by atoms with Gasteiger partial charge in [0.1, 0.15) is 5.78 Å². The second-order valence-electron chi connectivity index (χ2n) is 3.32. The largest absolute Gasteiger partial charge is 0.465 e. The van der Waals surface area contributed by atoms with Crippen molar-refractivity contribution < 1.29 is 14.3 Å². The van der Waals surface area contributed by atoms with Gasteiger partial charge in [0, 0.05) is 6.42 Å². The van der Waals surface area contributed by atoms with Crippen molar-refractivity contribution in [1.29, 1.82) is 5.26 Å². The third-order valence-corrected chi connectivity index (χ3v) is 2.81. The molecule has 1 aromatic rings. The second kappa shape index (κ2) is 6.16. The Morgan fingerprint density at radius 1 is 1.47 bits per heavy atom. The van der Waals surface area contributed by atoms with Gasteiger partial charge >= 0.3 is 5.97 Å². The van der Waals surface area contributed by atoms with E-state index >= 15 is 0 Å². The summed E-state index contributed by atoms with van der Waals surface area (Å²) in [5.74, 6) is -0.521. The molecule has 0 unspecified atom stereocenters. The summed E-state index contributed by atoms with van der Waals surface area (Å²) in [5.41, 5.74) is 1.24. The SMILES string of the molecule is COC(=O)c1ccc(CC(=O)CBr)c(C#N)c1. The number of esters is 1. The number of hydrogen-bond donors (Lipinski definition) is 0. The lowest BCUT2D eigenvalue weighted by molar-refractivity contribution is -0.115. The first-order valence-electron chi connectivity index (χ1n) is 4.81. The van der Waals surface area contributed by atoms with Crippen LogP contribution in [0.1, 0.15) is 21.5 Å². The average molecular weight is 296 g/mol. The summed E-state index contributed by atoms with van der Waals surface area (Å²) in [5, 5.41) is 9.20. The van der Waals surface area contributed by atoms with Gasteiger partial charge in [-0.1, -0.05) is 22.0 Å². The number of benzene rings is 1. The molecule has 1 rings (SSSR count). The van der Waals surface area contributed by atoms with E-state index in [1.54, 1.807) is 12.1 Å². The zero-order chi connectivity index (χ0) is 12.8. The van der Waals surface area contributed by atoms with Gasteiger partial charge in [0.2, 0.25) is 0 Å². The molecule has 0 fully saturated rings. The lowest BCUT2D eigenvalue weighted by Gasteiger charge is -2.04. The number of alkyl halides is 1. The van der Waals surface area contributed by atoms with E-state index in [2.05, 4.69) is 20.7 Å². The van der Waals surface area contributed by atoms with Gasteiger partial charge in [-0.2, -0.15) is 5.26 Å². The Labute approximate surface area is 107 Å². The van der Waals surface area contributed by atoms with E-state index in [4.69, 9.17) is 5.26 Å². The zero-order valence-corrected chi connectivity index (χ0v) is 10.8. The quantitative estimate of drug-likeness (QED) is 0.628. The Morgan fingerprint density at radius 3 is 2.71 bits per heavy atom. The van der Waals surface area contributed by atoms with Crippen LogP contribution in [0.5, 0.6) is 0 Å². The second-order valence-corrected chi connectivity index (χ2v) is 3.89. The number of nitrogens with zero attached hydrogens (tertiary/aromatic N) is 1. The van der Waals surface area contributed by atoms with Crippen LogP contribution in [0.2, 0.25) is 0 Å². The molecule has 0 bridgehead atoms. The van der Waals surface area contributed by atoms with Gasteiger partial charge in [-0.3, -0.25) is 4.79 Å². The molecule has 0 aliphatic carbocycles. The van der Waals surface area contributed by atoms with Crippen LogP contribution < -0.4 is 0 Å². The van der Waals surface area contributed by atoms with Crippen molar-refractivity contribution in [3.63, 3.8) is 0 Å². The van der Waals surface area contributed by atoms with Crippen LogP contribution >= 0.6 is 15.9 Å². The third kappa shape index (κ3) is 3.40. The van der Waals surface area contributed by atoms with E-state index in [9.17, 15) is 9.59 Å². The third-order valence-electron chi connectivity index (χ3n) is 2.19. The van der Waals surface area contributed by atoms with Crippen LogP contribution in [-0.2, 0) is 16.0 Å². The summed E-state index contributed by atoms with van der Waals surface area (Å²) < 4.78 is 4.56. The molecule has 0 aliphatic rings. The summed E-state index contributed by atoms with van der Waals surface area (Å²) in [6, 6.07) is 6.55. The van der Waals surface area contributed by atoms with Gasteiger partial charge in [-0.25, -0.2) is 4.79 Å². The fourth-order valence-corrected chi connectivity index (χ4v) is 1.54. The maximum absolute atomic E-state index is 11.3. The predicted molar refractivity (Wildman–Crippen MR) is 65.0 cm³/mol. The molecule has 4 nitrogen and oxygen atoms in total. The number of hydrogen-bond acceptors (Lipinski definition) is 4. The molecule has 5 heteroatoms. The first kappa shape index (κ1) is 13.4. The standard InChI is InChI=1S/C12H10BrNO3/c1-17-12(16)9-3-2-8(5-11(15)6-13)10(4-9)7-14/h2-4H,5-6H2,1H3. The van der Waals surface area contributed by atoms with Crippen LogP contribution in [0, 0.1) is 11.3 Å². The summed E-state index contributed by atoms with van der Waals surface area (Å²) in [4.78, 5) is 22.5. The highest BCUT2D eigenvalue weighted by Gasteiger charge is 2.11. The van der Waals surface area contributed by atoms with Gasteiger partial charge in [-0.05, 0) is 17.7 Å². The first-order valence-corrected chi connectivity index (χ1v) is 5.93. The van der Waals surface area contributed by atoms with Gasteiger partial charge in [0.15, 0.2) is 0 Å². The van der Waals surface area contributed by atoms with E-state index in [1.807, 2.05) is 6.07 Å². The Kier molecular flexibility index (Phi) is 4.85. The fraction of sp³-hybridized carbons (Fsp3) is 0.250. The van der Waals surface area contributed by atoms with Crippen molar-refractivity contribution in [3.05, 3.63) is 34.9 Å². The Hall–Kier alpha value is -1.67. The number of ketones is 1. The van der Waals surface area contributed by atoms with E-state index in [0.29, 0.717) is 16.7 Å². The molecular formula is C12H10BrNO3. The molecule has 0 saturated carbocycles. The molecule has 17 heavy (non-hydrogen) atoms.